The molecule has 9 nitrogen and oxygen atoms in total. The summed E-state index contributed by atoms with van der Waals surface area (Å²) in [5.74, 6) is -0.583. The van der Waals surface area contributed by atoms with Crippen molar-refractivity contribution < 1.29 is 28.2 Å². The minimum atomic E-state index is -2.94. The zero-order valence-corrected chi connectivity index (χ0v) is 22.5. The number of fused-ring (bicyclic) bond motifs is 3. The van der Waals surface area contributed by atoms with Crippen LogP contribution in [0.3, 0.4) is 0 Å². The van der Waals surface area contributed by atoms with Gasteiger partial charge in [-0.15, -0.1) is 0 Å². The third-order valence-corrected chi connectivity index (χ3v) is 7.82. The molecule has 1 aromatic heterocycles. The zero-order chi connectivity index (χ0) is 28.7. The van der Waals surface area contributed by atoms with Crippen molar-refractivity contribution in [3.63, 3.8) is 0 Å². The third-order valence-electron chi connectivity index (χ3n) is 7.50. The molecule has 208 valence electrons. The number of carbonyl (C=O) groups excluding carboxylic acids is 2. The van der Waals surface area contributed by atoms with Crippen molar-refractivity contribution in [2.45, 2.75) is 51.6 Å². The monoisotopic (exact) mass is 569 g/mol. The van der Waals surface area contributed by atoms with E-state index in [0.717, 1.165) is 0 Å². The summed E-state index contributed by atoms with van der Waals surface area (Å²) in [6.07, 6.45) is 0.414. The van der Waals surface area contributed by atoms with Gasteiger partial charge in [-0.2, -0.15) is 13.9 Å². The van der Waals surface area contributed by atoms with Crippen LogP contribution in [0, 0.1) is 6.57 Å². The summed E-state index contributed by atoms with van der Waals surface area (Å²) in [5, 5.41) is 15.1. The van der Waals surface area contributed by atoms with Crippen LogP contribution in [0.5, 0.6) is 5.75 Å². The van der Waals surface area contributed by atoms with E-state index < -0.39 is 18.7 Å². The number of rotatable bonds is 6. The fourth-order valence-electron chi connectivity index (χ4n) is 5.32. The van der Waals surface area contributed by atoms with Crippen molar-refractivity contribution in [2.75, 3.05) is 13.2 Å². The molecule has 3 atom stereocenters. The van der Waals surface area contributed by atoms with E-state index in [0.29, 0.717) is 34.5 Å². The summed E-state index contributed by atoms with van der Waals surface area (Å²) in [4.78, 5) is 34.0. The second-order valence-electron chi connectivity index (χ2n) is 9.90. The van der Waals surface area contributed by atoms with E-state index in [1.807, 2.05) is 13.8 Å². The average Bonchev–Trinajstić information content (AvgIpc) is 3.31. The van der Waals surface area contributed by atoms with Gasteiger partial charge in [0.2, 0.25) is 5.69 Å². The molecule has 1 unspecified atom stereocenters. The second-order valence-corrected chi connectivity index (χ2v) is 10.3. The molecule has 0 spiro atoms. The number of nitrogens with zero attached hydrogens (tertiary/aromatic N) is 5. The van der Waals surface area contributed by atoms with Crippen molar-refractivity contribution >= 4 is 29.1 Å². The Balaban J connectivity index is 1.46. The molecule has 5 rings (SSSR count). The maximum Gasteiger partial charge on any atom is 0.387 e. The molecule has 3 heterocycles. The average molecular weight is 570 g/mol. The molecule has 3 aromatic rings. The minimum Gasteiger partial charge on any atom is -0.435 e. The van der Waals surface area contributed by atoms with Crippen molar-refractivity contribution in [1.29, 1.82) is 0 Å². The number of amides is 2. The molecule has 2 aliphatic heterocycles. The van der Waals surface area contributed by atoms with Crippen molar-refractivity contribution in [2.24, 2.45) is 0 Å². The summed E-state index contributed by atoms with van der Waals surface area (Å²) >= 11 is 6.05. The van der Waals surface area contributed by atoms with Gasteiger partial charge in [-0.1, -0.05) is 35.9 Å². The van der Waals surface area contributed by atoms with Crippen LogP contribution in [0.2, 0.25) is 5.02 Å². The van der Waals surface area contributed by atoms with Crippen LogP contribution >= 0.6 is 11.6 Å². The quantitative estimate of drug-likeness (QED) is 0.421. The van der Waals surface area contributed by atoms with Crippen molar-refractivity contribution in [1.82, 2.24) is 19.6 Å². The first kappa shape index (κ1) is 27.6. The summed E-state index contributed by atoms with van der Waals surface area (Å²) in [6, 6.07) is 9.46. The number of aliphatic hydroxyl groups is 1. The molecule has 0 fully saturated rings. The topological polar surface area (TPSA) is 92.3 Å². The van der Waals surface area contributed by atoms with Gasteiger partial charge in [-0.05, 0) is 37.6 Å². The van der Waals surface area contributed by atoms with E-state index in [1.54, 1.807) is 32.7 Å². The maximum atomic E-state index is 13.9. The Labute approximate surface area is 234 Å². The van der Waals surface area contributed by atoms with E-state index in [1.165, 1.54) is 24.3 Å². The smallest absolute Gasteiger partial charge is 0.387 e. The fraction of sp³-hybridized carbons (Fsp3) is 0.357. The summed E-state index contributed by atoms with van der Waals surface area (Å²) in [5.41, 5.74) is 2.83. The van der Waals surface area contributed by atoms with Gasteiger partial charge in [0, 0.05) is 35.2 Å². The van der Waals surface area contributed by atoms with Crippen LogP contribution in [0.1, 0.15) is 63.6 Å². The molecule has 0 aliphatic carbocycles. The number of alkyl halides is 2. The fourth-order valence-corrected chi connectivity index (χ4v) is 5.48. The Bertz CT molecular complexity index is 1500. The lowest BCUT2D eigenvalue weighted by Crippen LogP contribution is -2.46. The van der Waals surface area contributed by atoms with E-state index >= 15 is 0 Å². The highest BCUT2D eigenvalue weighted by Crippen LogP contribution is 2.36. The molecule has 2 amide bonds. The SMILES string of the molecule is [C-]#[N+]c1cc(C(=O)N2Cc3c(nn4c3C(=O)N(C(C)c3ccc(OC(F)F)cc3)C[C@H]4CO)C[C@H]2C)ccc1Cl. The second kappa shape index (κ2) is 10.9. The van der Waals surface area contributed by atoms with Crippen molar-refractivity contribution in [3.8, 4) is 5.75 Å². The van der Waals surface area contributed by atoms with Gasteiger partial charge in [-0.25, -0.2) is 4.85 Å². The summed E-state index contributed by atoms with van der Waals surface area (Å²) < 4.78 is 31.1. The first-order valence-electron chi connectivity index (χ1n) is 12.7. The molecule has 40 heavy (non-hydrogen) atoms. The van der Waals surface area contributed by atoms with E-state index in [2.05, 4.69) is 14.7 Å². The highest BCUT2D eigenvalue weighted by molar-refractivity contribution is 6.33. The van der Waals surface area contributed by atoms with Crippen LogP contribution in [0.15, 0.2) is 42.5 Å². The van der Waals surface area contributed by atoms with Gasteiger partial charge in [0.1, 0.15) is 11.4 Å². The minimum absolute atomic E-state index is 0.0133. The number of benzene rings is 2. The third kappa shape index (κ3) is 4.89. The highest BCUT2D eigenvalue weighted by atomic mass is 35.5. The number of halogens is 3. The van der Waals surface area contributed by atoms with E-state index in [-0.39, 0.29) is 54.0 Å². The first-order valence-corrected chi connectivity index (χ1v) is 13.1. The summed E-state index contributed by atoms with van der Waals surface area (Å²) in [6.45, 7) is 8.15. The lowest BCUT2D eigenvalue weighted by molar-refractivity contribution is -0.0498. The first-order chi connectivity index (χ1) is 19.1. The van der Waals surface area contributed by atoms with Gasteiger partial charge in [0.25, 0.3) is 11.8 Å². The maximum absolute atomic E-state index is 13.9. The van der Waals surface area contributed by atoms with Crippen LogP contribution in [0.25, 0.3) is 4.85 Å². The predicted octanol–water partition coefficient (Wildman–Crippen LogP) is 5.03. The number of aliphatic hydroxyl groups excluding tert-OH is 1. The normalized spacial score (nSPS) is 19.2. The van der Waals surface area contributed by atoms with E-state index in [4.69, 9.17) is 18.2 Å². The molecule has 0 radical (unpaired) electrons. The van der Waals surface area contributed by atoms with Crippen LogP contribution in [-0.4, -0.2) is 62.3 Å². The molecule has 0 saturated heterocycles. The Morgan fingerprint density at radius 1 is 1.27 bits per heavy atom. The van der Waals surface area contributed by atoms with Gasteiger partial charge in [0.05, 0.1) is 37.5 Å². The molecule has 1 N–H and O–H groups in total. The standard InChI is InChI=1S/C28H26ClF2N5O4/c1-15-10-23-21(13-34(15)26(38)18-6-9-22(29)24(11-18)32-3)25-27(39)35(12-19(14-37)36(25)33-23)16(2)17-4-7-20(8-5-17)40-28(30)31/h4-9,11,15-16,19,28,37H,10,12-14H2,1-2H3/t15-,16?,19+/m1/s1. The number of hydrogen-bond acceptors (Lipinski definition) is 5. The Kier molecular flexibility index (Phi) is 7.49. The molecular weight excluding hydrogens is 544 g/mol. The molecule has 12 heteroatoms. The predicted molar refractivity (Wildman–Crippen MR) is 142 cm³/mol. The molecule has 0 saturated carbocycles. The number of hydrogen-bond donors (Lipinski definition) is 1. The Morgan fingerprint density at radius 2 is 2.00 bits per heavy atom. The Morgan fingerprint density at radius 3 is 2.65 bits per heavy atom. The van der Waals surface area contributed by atoms with Crippen LogP contribution in [0.4, 0.5) is 14.5 Å². The molecule has 0 bridgehead atoms. The van der Waals surface area contributed by atoms with Gasteiger partial charge < -0.3 is 19.6 Å². The van der Waals surface area contributed by atoms with Crippen LogP contribution in [-0.2, 0) is 13.0 Å². The van der Waals surface area contributed by atoms with E-state index in [9.17, 15) is 23.5 Å². The van der Waals surface area contributed by atoms with Gasteiger partial charge >= 0.3 is 6.61 Å². The number of ether oxygens (including phenoxy) is 1. The van der Waals surface area contributed by atoms with Gasteiger partial charge in [-0.3, -0.25) is 14.3 Å². The lowest BCUT2D eigenvalue weighted by Gasteiger charge is -2.38. The number of carbonyl (C=O) groups is 2. The molecule has 2 aromatic carbocycles. The zero-order valence-electron chi connectivity index (χ0n) is 21.7. The highest BCUT2D eigenvalue weighted by Gasteiger charge is 2.41. The van der Waals surface area contributed by atoms with Crippen molar-refractivity contribution in [3.05, 3.63) is 87.0 Å². The molecular formula is C28H26ClF2N5O4. The lowest BCUT2D eigenvalue weighted by atomic mass is 9.96. The van der Waals surface area contributed by atoms with Gasteiger partial charge in [0.15, 0.2) is 0 Å². The Hall–Kier alpha value is -4.01. The largest absolute Gasteiger partial charge is 0.435 e. The number of aromatic nitrogens is 2. The summed E-state index contributed by atoms with van der Waals surface area (Å²) in [7, 11) is 0. The molecule has 2 aliphatic rings. The van der Waals surface area contributed by atoms with Crippen LogP contribution < -0.4 is 4.74 Å².